The van der Waals surface area contributed by atoms with Crippen LogP contribution in [0.5, 0.6) is 0 Å². The van der Waals surface area contributed by atoms with Gasteiger partial charge in [0.15, 0.2) is 0 Å². The molecule has 0 rings (SSSR count). The normalized spacial score (nSPS) is 14.1. The molecule has 0 radical (unpaired) electrons. The van der Waals surface area contributed by atoms with Crippen LogP contribution in [0.25, 0.3) is 0 Å². The summed E-state index contributed by atoms with van der Waals surface area (Å²) in [6.07, 6.45) is 11.5. The van der Waals surface area contributed by atoms with Crippen LogP contribution in [-0.2, 0) is 19.7 Å². The SMILES string of the molecule is CCCCCCCCCCCCC(C(=CC(=O)O)C(=O)O)C(CC)S(=O)(=O)O.[NaH]. The van der Waals surface area contributed by atoms with Crippen molar-refractivity contribution in [3.05, 3.63) is 11.6 Å². The summed E-state index contributed by atoms with van der Waals surface area (Å²) in [4.78, 5) is 22.5. The van der Waals surface area contributed by atoms with Crippen molar-refractivity contribution in [1.29, 1.82) is 0 Å². The summed E-state index contributed by atoms with van der Waals surface area (Å²) in [5.74, 6) is -3.97. The van der Waals surface area contributed by atoms with E-state index in [2.05, 4.69) is 6.92 Å². The fourth-order valence-electron chi connectivity index (χ4n) is 3.56. The van der Waals surface area contributed by atoms with Gasteiger partial charge in [-0.2, -0.15) is 8.42 Å². The Labute approximate surface area is 197 Å². The Morgan fingerprint density at radius 3 is 1.66 bits per heavy atom. The summed E-state index contributed by atoms with van der Waals surface area (Å²) in [5, 5.41) is 17.0. The third-order valence-electron chi connectivity index (χ3n) is 5.03. The monoisotopic (exact) mass is 444 g/mol. The first-order chi connectivity index (χ1) is 13.1. The molecule has 0 saturated heterocycles. The third-order valence-corrected chi connectivity index (χ3v) is 6.45. The van der Waals surface area contributed by atoms with Crippen LogP contribution in [-0.4, -0.2) is 69.9 Å². The molecule has 0 aliphatic rings. The Morgan fingerprint density at radius 1 is 0.862 bits per heavy atom. The predicted octanol–water partition coefficient (Wildman–Crippen LogP) is 4.03. The van der Waals surface area contributed by atoms with Gasteiger partial charge in [-0.15, -0.1) is 0 Å². The molecule has 2 atom stereocenters. The molecule has 0 aliphatic carbocycles. The van der Waals surface area contributed by atoms with Crippen LogP contribution >= 0.6 is 0 Å². The van der Waals surface area contributed by atoms with Gasteiger partial charge in [0.05, 0.1) is 5.25 Å². The van der Waals surface area contributed by atoms with E-state index in [1.54, 1.807) is 0 Å². The third kappa shape index (κ3) is 14.3. The van der Waals surface area contributed by atoms with Gasteiger partial charge < -0.3 is 10.2 Å². The van der Waals surface area contributed by atoms with Gasteiger partial charge >= 0.3 is 41.5 Å². The van der Waals surface area contributed by atoms with Crippen molar-refractivity contribution >= 4 is 51.6 Å². The van der Waals surface area contributed by atoms with Crippen molar-refractivity contribution in [3.8, 4) is 0 Å². The Morgan fingerprint density at radius 2 is 1.31 bits per heavy atom. The van der Waals surface area contributed by atoms with Crippen molar-refractivity contribution in [2.24, 2.45) is 5.92 Å². The number of hydrogen-bond acceptors (Lipinski definition) is 4. The maximum atomic E-state index is 11.7. The molecule has 0 aliphatic heterocycles. The van der Waals surface area contributed by atoms with Crippen LogP contribution in [0.1, 0.15) is 90.9 Å². The van der Waals surface area contributed by atoms with Gasteiger partial charge in [-0.05, 0) is 12.8 Å². The fourth-order valence-corrected chi connectivity index (χ4v) is 4.68. The number of hydrogen-bond donors (Lipinski definition) is 3. The summed E-state index contributed by atoms with van der Waals surface area (Å²) in [7, 11) is -4.49. The molecule has 7 nitrogen and oxygen atoms in total. The number of carbonyl (C=O) groups is 2. The Hall–Kier alpha value is -0.410. The number of aliphatic carboxylic acids is 2. The maximum absolute atomic E-state index is 11.7. The molecule has 0 amide bonds. The van der Waals surface area contributed by atoms with Gasteiger partial charge in [-0.1, -0.05) is 78.1 Å². The van der Waals surface area contributed by atoms with Gasteiger partial charge in [0.2, 0.25) is 0 Å². The van der Waals surface area contributed by atoms with Gasteiger partial charge in [0.1, 0.15) is 0 Å². The van der Waals surface area contributed by atoms with E-state index in [9.17, 15) is 27.7 Å². The van der Waals surface area contributed by atoms with E-state index in [-0.39, 0.29) is 42.4 Å². The molecule has 0 aromatic rings. The first kappa shape index (κ1) is 30.8. The van der Waals surface area contributed by atoms with Crippen LogP contribution in [0.2, 0.25) is 0 Å². The predicted molar refractivity (Wildman–Crippen MR) is 116 cm³/mol. The topological polar surface area (TPSA) is 129 Å². The Kier molecular flexibility index (Phi) is 18.4. The van der Waals surface area contributed by atoms with Crippen LogP contribution in [0.3, 0.4) is 0 Å². The van der Waals surface area contributed by atoms with Gasteiger partial charge in [0.25, 0.3) is 10.1 Å². The zero-order valence-corrected chi connectivity index (χ0v) is 17.9. The van der Waals surface area contributed by atoms with Crippen molar-refractivity contribution < 1.29 is 32.8 Å². The van der Waals surface area contributed by atoms with E-state index >= 15 is 0 Å². The number of carboxylic acid groups (broad SMARTS) is 2. The molecule has 3 N–H and O–H groups in total. The molecule has 0 heterocycles. The van der Waals surface area contributed by atoms with Crippen LogP contribution in [0.4, 0.5) is 0 Å². The zero-order valence-electron chi connectivity index (χ0n) is 17.1. The second-order valence-corrected chi connectivity index (χ2v) is 8.92. The second-order valence-electron chi connectivity index (χ2n) is 7.28. The molecule has 0 aromatic carbocycles. The van der Waals surface area contributed by atoms with Crippen molar-refractivity contribution in [3.63, 3.8) is 0 Å². The van der Waals surface area contributed by atoms with E-state index in [4.69, 9.17) is 5.11 Å². The minimum atomic E-state index is -4.49. The van der Waals surface area contributed by atoms with Gasteiger partial charge in [-0.25, -0.2) is 9.59 Å². The average molecular weight is 445 g/mol. The Balaban J connectivity index is 0. The number of rotatable bonds is 17. The molecule has 0 fully saturated rings. The first-order valence-electron chi connectivity index (χ1n) is 10.3. The molecule has 0 spiro atoms. The van der Waals surface area contributed by atoms with Gasteiger partial charge in [0, 0.05) is 17.6 Å². The zero-order chi connectivity index (χ0) is 21.6. The summed E-state index contributed by atoms with van der Waals surface area (Å²) in [6.45, 7) is 3.71. The molecule has 0 aromatic heterocycles. The number of unbranched alkanes of at least 4 members (excludes halogenated alkanes) is 9. The average Bonchev–Trinajstić information content (AvgIpc) is 2.59. The standard InChI is InChI=1S/C20H36O7S.Na.H/c1-3-5-6-7-8-9-10-11-12-13-14-16(18(4-2)28(25,26)27)17(20(23)24)15-19(21)22;;/h15-16,18H,3-14H2,1-2H3,(H,21,22)(H,23,24)(H,25,26,27);;. The van der Waals surface area contributed by atoms with Crippen molar-refractivity contribution in [1.82, 2.24) is 0 Å². The van der Waals surface area contributed by atoms with E-state index in [1.807, 2.05) is 0 Å². The summed E-state index contributed by atoms with van der Waals surface area (Å²) in [6, 6.07) is 0. The molecule has 2 unspecified atom stereocenters. The van der Waals surface area contributed by atoms with Crippen molar-refractivity contribution in [2.45, 2.75) is 96.1 Å². The first-order valence-corrected chi connectivity index (χ1v) is 11.8. The van der Waals surface area contributed by atoms with E-state index in [0.29, 0.717) is 12.5 Å². The summed E-state index contributed by atoms with van der Waals surface area (Å²) >= 11 is 0. The van der Waals surface area contributed by atoms with Gasteiger partial charge in [-0.3, -0.25) is 4.55 Å². The van der Waals surface area contributed by atoms with E-state index in [0.717, 1.165) is 25.7 Å². The summed E-state index contributed by atoms with van der Waals surface area (Å²) < 4.78 is 32.9. The molecule has 0 bridgehead atoms. The quantitative estimate of drug-likeness (QED) is 0.134. The molecular weight excluding hydrogens is 407 g/mol. The molecule has 0 saturated carbocycles. The van der Waals surface area contributed by atoms with Crippen LogP contribution in [0.15, 0.2) is 11.6 Å². The fraction of sp³-hybridized carbons (Fsp3) is 0.800. The second kappa shape index (κ2) is 17.3. The van der Waals surface area contributed by atoms with Crippen LogP contribution in [0, 0.1) is 5.92 Å². The number of carboxylic acids is 2. The molecular formula is C20H37NaO7S. The Bertz CT molecular complexity index is 602. The molecule has 9 heteroatoms. The molecule has 29 heavy (non-hydrogen) atoms. The van der Waals surface area contributed by atoms with Crippen molar-refractivity contribution in [2.75, 3.05) is 0 Å². The van der Waals surface area contributed by atoms with E-state index in [1.165, 1.54) is 39.0 Å². The van der Waals surface area contributed by atoms with E-state index < -0.39 is 38.8 Å². The molecule has 166 valence electrons. The summed E-state index contributed by atoms with van der Waals surface area (Å²) in [5.41, 5.74) is -0.479. The minimum absolute atomic E-state index is 0. The van der Waals surface area contributed by atoms with Crippen LogP contribution < -0.4 is 0 Å².